The maximum atomic E-state index is 13.3. The van der Waals surface area contributed by atoms with Crippen molar-refractivity contribution in [2.24, 2.45) is 0 Å². The summed E-state index contributed by atoms with van der Waals surface area (Å²) in [6.45, 7) is 0.597. The molecule has 0 aliphatic heterocycles. The molecule has 0 amide bonds. The van der Waals surface area contributed by atoms with E-state index < -0.39 is 0 Å². The summed E-state index contributed by atoms with van der Waals surface area (Å²) in [6, 6.07) is 12.6. The molecule has 0 fully saturated rings. The first-order valence-corrected chi connectivity index (χ1v) is 7.52. The molecule has 0 bridgehead atoms. The Hall–Kier alpha value is -1.65. The molecule has 0 unspecified atom stereocenters. The smallest absolute Gasteiger partial charge is 0.141 e. The molecule has 3 rings (SSSR count). The molecule has 0 saturated heterocycles. The highest BCUT2D eigenvalue weighted by molar-refractivity contribution is 9.10. The molecule has 0 saturated carbocycles. The van der Waals surface area contributed by atoms with E-state index >= 15 is 0 Å². The van der Waals surface area contributed by atoms with Crippen molar-refractivity contribution in [3.63, 3.8) is 0 Å². The van der Waals surface area contributed by atoms with E-state index in [1.54, 1.807) is 18.3 Å². The largest absolute Gasteiger partial charge is 0.327 e. The van der Waals surface area contributed by atoms with Gasteiger partial charge in [-0.2, -0.15) is 0 Å². The Morgan fingerprint density at radius 3 is 2.76 bits per heavy atom. The van der Waals surface area contributed by atoms with E-state index in [1.165, 1.54) is 6.07 Å². The third-order valence-electron chi connectivity index (χ3n) is 3.17. The SMILES string of the molecule is Fc1ccc(Cn2ccnc2-c2ccccc2Cl)cc1Br. The van der Waals surface area contributed by atoms with Crippen molar-refractivity contribution < 1.29 is 4.39 Å². The van der Waals surface area contributed by atoms with Gasteiger partial charge in [0.2, 0.25) is 0 Å². The van der Waals surface area contributed by atoms with Gasteiger partial charge < -0.3 is 4.57 Å². The molecule has 3 aromatic rings. The summed E-state index contributed by atoms with van der Waals surface area (Å²) in [5, 5.41) is 0.658. The van der Waals surface area contributed by atoms with E-state index in [2.05, 4.69) is 20.9 Å². The van der Waals surface area contributed by atoms with Crippen LogP contribution in [-0.2, 0) is 6.54 Å². The maximum absolute atomic E-state index is 13.3. The lowest BCUT2D eigenvalue weighted by Crippen LogP contribution is -2.01. The van der Waals surface area contributed by atoms with E-state index in [0.29, 0.717) is 16.0 Å². The van der Waals surface area contributed by atoms with Crippen molar-refractivity contribution in [1.29, 1.82) is 0 Å². The molecule has 106 valence electrons. The molecule has 1 aromatic heterocycles. The molecule has 0 spiro atoms. The summed E-state index contributed by atoms with van der Waals surface area (Å²) in [5.74, 6) is 0.525. The second kappa shape index (κ2) is 6.00. The minimum absolute atomic E-state index is 0.268. The normalized spacial score (nSPS) is 10.8. The minimum Gasteiger partial charge on any atom is -0.327 e. The first-order valence-electron chi connectivity index (χ1n) is 6.35. The van der Waals surface area contributed by atoms with Gasteiger partial charge in [0, 0.05) is 24.5 Å². The number of rotatable bonds is 3. The number of imidazole rings is 1. The van der Waals surface area contributed by atoms with Crippen molar-refractivity contribution in [3.05, 3.63) is 75.7 Å². The zero-order valence-electron chi connectivity index (χ0n) is 10.9. The topological polar surface area (TPSA) is 17.8 Å². The zero-order chi connectivity index (χ0) is 14.8. The Labute approximate surface area is 135 Å². The van der Waals surface area contributed by atoms with Crippen LogP contribution in [0.4, 0.5) is 4.39 Å². The van der Waals surface area contributed by atoms with Crippen LogP contribution in [0.25, 0.3) is 11.4 Å². The maximum Gasteiger partial charge on any atom is 0.141 e. The van der Waals surface area contributed by atoms with Gasteiger partial charge in [-0.3, -0.25) is 0 Å². The molecule has 0 radical (unpaired) electrons. The Morgan fingerprint density at radius 2 is 2.00 bits per heavy atom. The lowest BCUT2D eigenvalue weighted by atomic mass is 10.2. The van der Waals surface area contributed by atoms with Crippen LogP contribution in [0.2, 0.25) is 5.02 Å². The Bertz CT molecular complexity index is 785. The van der Waals surface area contributed by atoms with Crippen molar-refractivity contribution >= 4 is 27.5 Å². The fraction of sp³-hybridized carbons (Fsp3) is 0.0625. The highest BCUT2D eigenvalue weighted by Crippen LogP contribution is 2.27. The first-order chi connectivity index (χ1) is 10.1. The summed E-state index contributed by atoms with van der Waals surface area (Å²) in [5.41, 5.74) is 1.86. The average molecular weight is 366 g/mol. The molecule has 0 atom stereocenters. The van der Waals surface area contributed by atoms with Gasteiger partial charge in [-0.1, -0.05) is 29.8 Å². The van der Waals surface area contributed by atoms with Gasteiger partial charge in [-0.05, 0) is 45.8 Å². The minimum atomic E-state index is -0.268. The van der Waals surface area contributed by atoms with Crippen LogP contribution in [0, 0.1) is 5.82 Å². The van der Waals surface area contributed by atoms with E-state index in [1.807, 2.05) is 35.0 Å². The van der Waals surface area contributed by atoms with Crippen LogP contribution < -0.4 is 0 Å². The summed E-state index contributed by atoms with van der Waals surface area (Å²) < 4.78 is 15.7. The number of nitrogens with zero attached hydrogens (tertiary/aromatic N) is 2. The predicted molar refractivity (Wildman–Crippen MR) is 85.9 cm³/mol. The Balaban J connectivity index is 1.96. The van der Waals surface area contributed by atoms with Crippen molar-refractivity contribution in [2.45, 2.75) is 6.54 Å². The molecule has 0 N–H and O–H groups in total. The molecule has 1 heterocycles. The Morgan fingerprint density at radius 1 is 1.19 bits per heavy atom. The predicted octanol–water partition coefficient (Wildman–Crippen LogP) is 5.15. The van der Waals surface area contributed by atoms with E-state index in [-0.39, 0.29) is 5.82 Å². The molecule has 21 heavy (non-hydrogen) atoms. The lowest BCUT2D eigenvalue weighted by molar-refractivity contribution is 0.619. The lowest BCUT2D eigenvalue weighted by Gasteiger charge is -2.10. The first kappa shape index (κ1) is 14.3. The molecular weight excluding hydrogens is 355 g/mol. The summed E-state index contributed by atoms with van der Waals surface area (Å²) in [6.07, 6.45) is 3.62. The van der Waals surface area contributed by atoms with E-state index in [9.17, 15) is 4.39 Å². The van der Waals surface area contributed by atoms with Crippen molar-refractivity contribution in [1.82, 2.24) is 9.55 Å². The van der Waals surface area contributed by atoms with Crippen LogP contribution in [0.1, 0.15) is 5.56 Å². The quantitative estimate of drug-likeness (QED) is 0.627. The van der Waals surface area contributed by atoms with Crippen LogP contribution in [0.5, 0.6) is 0 Å². The monoisotopic (exact) mass is 364 g/mol. The van der Waals surface area contributed by atoms with E-state index in [0.717, 1.165) is 17.0 Å². The van der Waals surface area contributed by atoms with Crippen LogP contribution in [-0.4, -0.2) is 9.55 Å². The number of halogens is 3. The Kier molecular flexibility index (Phi) is 4.08. The number of hydrogen-bond donors (Lipinski definition) is 0. The molecule has 2 nitrogen and oxygen atoms in total. The third-order valence-corrected chi connectivity index (χ3v) is 4.10. The highest BCUT2D eigenvalue weighted by atomic mass is 79.9. The molecule has 0 aliphatic carbocycles. The second-order valence-corrected chi connectivity index (χ2v) is 5.87. The van der Waals surface area contributed by atoms with Gasteiger partial charge >= 0.3 is 0 Å². The summed E-state index contributed by atoms with van der Waals surface area (Å²) in [7, 11) is 0. The number of aromatic nitrogens is 2. The average Bonchev–Trinajstić information content (AvgIpc) is 2.91. The van der Waals surface area contributed by atoms with Crippen LogP contribution in [0.3, 0.4) is 0 Å². The van der Waals surface area contributed by atoms with Gasteiger partial charge in [0.05, 0.1) is 9.50 Å². The molecule has 5 heteroatoms. The third kappa shape index (κ3) is 3.01. The van der Waals surface area contributed by atoms with Gasteiger partial charge in [0.1, 0.15) is 11.6 Å². The fourth-order valence-corrected chi connectivity index (χ4v) is 2.80. The summed E-state index contributed by atoms with van der Waals surface area (Å²) in [4.78, 5) is 4.38. The van der Waals surface area contributed by atoms with E-state index in [4.69, 9.17) is 11.6 Å². The highest BCUT2D eigenvalue weighted by Gasteiger charge is 2.10. The zero-order valence-corrected chi connectivity index (χ0v) is 13.3. The number of hydrogen-bond acceptors (Lipinski definition) is 1. The van der Waals surface area contributed by atoms with Crippen molar-refractivity contribution in [3.8, 4) is 11.4 Å². The molecule has 0 aliphatic rings. The van der Waals surface area contributed by atoms with Crippen LogP contribution >= 0.6 is 27.5 Å². The van der Waals surface area contributed by atoms with Gasteiger partial charge in [-0.15, -0.1) is 0 Å². The van der Waals surface area contributed by atoms with Crippen molar-refractivity contribution in [2.75, 3.05) is 0 Å². The number of benzene rings is 2. The standard InChI is InChI=1S/C16H11BrClFN2/c17-13-9-11(5-6-15(13)19)10-21-8-7-20-16(21)12-3-1-2-4-14(12)18/h1-9H,10H2. The van der Waals surface area contributed by atoms with Crippen LogP contribution in [0.15, 0.2) is 59.3 Å². The molecular formula is C16H11BrClFN2. The fourth-order valence-electron chi connectivity index (χ4n) is 2.16. The molecule has 2 aromatic carbocycles. The second-order valence-electron chi connectivity index (χ2n) is 4.61. The van der Waals surface area contributed by atoms with Gasteiger partial charge in [0.25, 0.3) is 0 Å². The van der Waals surface area contributed by atoms with Gasteiger partial charge in [0.15, 0.2) is 0 Å². The van der Waals surface area contributed by atoms with Gasteiger partial charge in [-0.25, -0.2) is 9.37 Å². The summed E-state index contributed by atoms with van der Waals surface area (Å²) >= 11 is 9.43.